The standard InChI is InChI=1S/C21H19NO3S/c1-16-7-13-20(14-8-16)26(23,24)25-19-11-9-18(10-12-19)15-22-21-6-4-3-5-17(21)2/h3-15H,1-2H3. The summed E-state index contributed by atoms with van der Waals surface area (Å²) in [7, 11) is -3.84. The average Bonchev–Trinajstić information content (AvgIpc) is 2.62. The third kappa shape index (κ3) is 4.37. The van der Waals surface area contributed by atoms with Crippen LogP contribution in [0.3, 0.4) is 0 Å². The van der Waals surface area contributed by atoms with Crippen LogP contribution in [0, 0.1) is 13.8 Å². The smallest absolute Gasteiger partial charge is 0.339 e. The van der Waals surface area contributed by atoms with Crippen molar-refractivity contribution in [1.82, 2.24) is 0 Å². The molecule has 0 heterocycles. The van der Waals surface area contributed by atoms with Crippen LogP contribution < -0.4 is 4.18 Å². The molecule has 0 unspecified atom stereocenters. The van der Waals surface area contributed by atoms with Gasteiger partial charge in [0.15, 0.2) is 0 Å². The zero-order valence-corrected chi connectivity index (χ0v) is 15.4. The lowest BCUT2D eigenvalue weighted by Gasteiger charge is -2.07. The zero-order chi connectivity index (χ0) is 18.6. The molecule has 0 N–H and O–H groups in total. The van der Waals surface area contributed by atoms with Gasteiger partial charge in [0.1, 0.15) is 10.6 Å². The van der Waals surface area contributed by atoms with Crippen LogP contribution in [0.2, 0.25) is 0 Å². The molecule has 3 rings (SSSR count). The summed E-state index contributed by atoms with van der Waals surface area (Å²) in [5.41, 5.74) is 3.83. The number of aryl methyl sites for hydroxylation is 2. The lowest BCUT2D eigenvalue weighted by atomic mass is 10.2. The fraction of sp³-hybridized carbons (Fsp3) is 0.0952. The first-order valence-corrected chi connectivity index (χ1v) is 9.56. The van der Waals surface area contributed by atoms with E-state index in [1.807, 2.05) is 38.1 Å². The summed E-state index contributed by atoms with van der Waals surface area (Å²) in [6.45, 7) is 3.90. The van der Waals surface area contributed by atoms with Crippen molar-refractivity contribution < 1.29 is 12.6 Å². The Bertz CT molecular complexity index is 1020. The van der Waals surface area contributed by atoms with Gasteiger partial charge in [0.2, 0.25) is 0 Å². The van der Waals surface area contributed by atoms with E-state index in [4.69, 9.17) is 4.18 Å². The summed E-state index contributed by atoms with van der Waals surface area (Å²) in [5.74, 6) is 0.263. The van der Waals surface area contributed by atoms with Gasteiger partial charge in [-0.25, -0.2) is 0 Å². The fourth-order valence-corrected chi connectivity index (χ4v) is 3.27. The van der Waals surface area contributed by atoms with Gasteiger partial charge in [0.25, 0.3) is 0 Å². The summed E-state index contributed by atoms with van der Waals surface area (Å²) < 4.78 is 29.8. The Morgan fingerprint density at radius 1 is 0.846 bits per heavy atom. The predicted octanol–water partition coefficient (Wildman–Crippen LogP) is 4.82. The van der Waals surface area contributed by atoms with E-state index >= 15 is 0 Å². The van der Waals surface area contributed by atoms with Gasteiger partial charge >= 0.3 is 10.1 Å². The highest BCUT2D eigenvalue weighted by molar-refractivity contribution is 7.87. The molecule has 0 saturated heterocycles. The minimum Gasteiger partial charge on any atom is -0.379 e. The SMILES string of the molecule is Cc1ccc(S(=O)(=O)Oc2ccc(C=Nc3ccccc3C)cc2)cc1. The minimum absolute atomic E-state index is 0.133. The van der Waals surface area contributed by atoms with Crippen molar-refractivity contribution in [2.75, 3.05) is 0 Å². The fourth-order valence-electron chi connectivity index (χ4n) is 2.34. The Morgan fingerprint density at radius 3 is 2.15 bits per heavy atom. The van der Waals surface area contributed by atoms with Gasteiger partial charge in [-0.1, -0.05) is 35.9 Å². The van der Waals surface area contributed by atoms with Crippen LogP contribution in [0.4, 0.5) is 5.69 Å². The molecule has 0 aliphatic rings. The summed E-state index contributed by atoms with van der Waals surface area (Å²) in [6.07, 6.45) is 1.74. The molecular weight excluding hydrogens is 346 g/mol. The van der Waals surface area contributed by atoms with Gasteiger partial charge in [-0.15, -0.1) is 0 Å². The Hall–Kier alpha value is -2.92. The maximum Gasteiger partial charge on any atom is 0.339 e. The van der Waals surface area contributed by atoms with E-state index < -0.39 is 10.1 Å². The Balaban J connectivity index is 1.73. The first-order valence-electron chi connectivity index (χ1n) is 8.15. The molecule has 0 saturated carbocycles. The highest BCUT2D eigenvalue weighted by atomic mass is 32.2. The van der Waals surface area contributed by atoms with E-state index in [0.717, 1.165) is 22.4 Å². The highest BCUT2D eigenvalue weighted by Crippen LogP contribution is 2.20. The lowest BCUT2D eigenvalue weighted by Crippen LogP contribution is -2.09. The monoisotopic (exact) mass is 365 g/mol. The van der Waals surface area contributed by atoms with Crippen LogP contribution in [0.15, 0.2) is 82.7 Å². The van der Waals surface area contributed by atoms with E-state index in [0.29, 0.717) is 0 Å². The average molecular weight is 365 g/mol. The van der Waals surface area contributed by atoms with Crippen molar-refractivity contribution in [3.63, 3.8) is 0 Å². The van der Waals surface area contributed by atoms with Crippen molar-refractivity contribution in [3.05, 3.63) is 89.5 Å². The summed E-state index contributed by atoms with van der Waals surface area (Å²) >= 11 is 0. The number of hydrogen-bond acceptors (Lipinski definition) is 4. The molecule has 132 valence electrons. The maximum atomic E-state index is 12.3. The molecule has 3 aromatic carbocycles. The van der Waals surface area contributed by atoms with Gasteiger partial charge in [-0.05, 0) is 67.4 Å². The third-order valence-electron chi connectivity index (χ3n) is 3.86. The van der Waals surface area contributed by atoms with E-state index in [2.05, 4.69) is 4.99 Å². The Kier molecular flexibility index (Phi) is 5.19. The van der Waals surface area contributed by atoms with Crippen molar-refractivity contribution >= 4 is 22.0 Å². The number of nitrogens with zero attached hydrogens (tertiary/aromatic N) is 1. The molecule has 0 radical (unpaired) electrons. The number of rotatable bonds is 5. The second-order valence-electron chi connectivity index (χ2n) is 5.96. The molecule has 4 nitrogen and oxygen atoms in total. The zero-order valence-electron chi connectivity index (χ0n) is 14.6. The van der Waals surface area contributed by atoms with Gasteiger partial charge in [-0.2, -0.15) is 8.42 Å². The summed E-state index contributed by atoms with van der Waals surface area (Å²) in [5, 5.41) is 0. The van der Waals surface area contributed by atoms with Gasteiger partial charge in [-0.3, -0.25) is 4.99 Å². The van der Waals surface area contributed by atoms with Gasteiger partial charge < -0.3 is 4.18 Å². The summed E-state index contributed by atoms with van der Waals surface area (Å²) in [4.78, 5) is 4.58. The van der Waals surface area contributed by atoms with E-state index in [9.17, 15) is 8.42 Å². The van der Waals surface area contributed by atoms with E-state index in [1.54, 1.807) is 42.6 Å². The quantitative estimate of drug-likeness (QED) is 0.481. The Morgan fingerprint density at radius 2 is 1.50 bits per heavy atom. The summed E-state index contributed by atoms with van der Waals surface area (Å²) in [6, 6.07) is 21.2. The number of para-hydroxylation sites is 1. The first-order chi connectivity index (χ1) is 12.4. The van der Waals surface area contributed by atoms with Crippen molar-refractivity contribution in [3.8, 4) is 5.75 Å². The number of hydrogen-bond donors (Lipinski definition) is 0. The molecule has 0 atom stereocenters. The van der Waals surface area contributed by atoms with Crippen LogP contribution in [0.5, 0.6) is 5.75 Å². The maximum absolute atomic E-state index is 12.3. The second kappa shape index (κ2) is 7.54. The van der Waals surface area contributed by atoms with Crippen LogP contribution in [0.1, 0.15) is 16.7 Å². The predicted molar refractivity (Wildman–Crippen MR) is 104 cm³/mol. The number of benzene rings is 3. The van der Waals surface area contributed by atoms with Crippen molar-refractivity contribution in [2.45, 2.75) is 18.7 Å². The van der Waals surface area contributed by atoms with Crippen LogP contribution in [-0.2, 0) is 10.1 Å². The first kappa shape index (κ1) is 17.9. The van der Waals surface area contributed by atoms with Gasteiger partial charge in [0, 0.05) is 6.21 Å². The third-order valence-corrected chi connectivity index (χ3v) is 5.13. The van der Waals surface area contributed by atoms with E-state index in [1.165, 1.54) is 12.1 Å². The molecule has 3 aromatic rings. The van der Waals surface area contributed by atoms with Crippen LogP contribution in [-0.4, -0.2) is 14.6 Å². The Labute approximate surface area is 153 Å². The molecule has 0 spiro atoms. The normalized spacial score (nSPS) is 11.6. The van der Waals surface area contributed by atoms with E-state index in [-0.39, 0.29) is 10.6 Å². The van der Waals surface area contributed by atoms with Gasteiger partial charge in [0.05, 0.1) is 5.69 Å². The molecule has 0 fully saturated rings. The molecule has 0 aliphatic carbocycles. The molecule has 0 aliphatic heterocycles. The highest BCUT2D eigenvalue weighted by Gasteiger charge is 2.16. The molecule has 0 amide bonds. The van der Waals surface area contributed by atoms with Crippen molar-refractivity contribution in [2.24, 2.45) is 4.99 Å². The molecule has 5 heteroatoms. The molecular formula is C21H19NO3S. The van der Waals surface area contributed by atoms with Crippen LogP contribution >= 0.6 is 0 Å². The lowest BCUT2D eigenvalue weighted by molar-refractivity contribution is 0.486. The van der Waals surface area contributed by atoms with Crippen molar-refractivity contribution in [1.29, 1.82) is 0 Å². The largest absolute Gasteiger partial charge is 0.379 e. The second-order valence-corrected chi connectivity index (χ2v) is 7.51. The topological polar surface area (TPSA) is 55.7 Å². The molecule has 0 bridgehead atoms. The molecule has 26 heavy (non-hydrogen) atoms. The minimum atomic E-state index is -3.84. The van der Waals surface area contributed by atoms with Crippen LogP contribution in [0.25, 0.3) is 0 Å². The molecule has 0 aromatic heterocycles. The number of aliphatic imine (C=N–C) groups is 1.